The van der Waals surface area contributed by atoms with Crippen LogP contribution in [0.25, 0.3) is 16.6 Å². The van der Waals surface area contributed by atoms with Crippen molar-refractivity contribution in [2.45, 2.75) is 78.1 Å². The number of aromatic carboxylic acids is 1. The van der Waals surface area contributed by atoms with Gasteiger partial charge in [-0.2, -0.15) is 4.98 Å². The largest absolute Gasteiger partial charge is 0.478 e. The van der Waals surface area contributed by atoms with Gasteiger partial charge in [0.2, 0.25) is 5.88 Å². The molecule has 1 N–H and O–H groups in total. The van der Waals surface area contributed by atoms with Crippen molar-refractivity contribution in [2.24, 2.45) is 5.41 Å². The summed E-state index contributed by atoms with van der Waals surface area (Å²) in [5.41, 5.74) is 8.73. The lowest BCUT2D eigenvalue weighted by Gasteiger charge is -2.39. The summed E-state index contributed by atoms with van der Waals surface area (Å²) in [6.45, 7) is 17.9. The minimum absolute atomic E-state index is 0.241. The van der Waals surface area contributed by atoms with Gasteiger partial charge < -0.3 is 28.9 Å². The number of carboxylic acids is 1. The molecule has 2 aliphatic heterocycles. The number of carboxylic acid groups (broad SMARTS) is 1. The molecule has 0 radical (unpaired) electrons. The molecule has 0 amide bonds. The maximum Gasteiger partial charge on any atom is 0.337 e. The fraction of sp³-hybridized carbons (Fsp3) is 0.426. The molecule has 5 aromatic rings. The zero-order valence-electron chi connectivity index (χ0n) is 35.1. The van der Waals surface area contributed by atoms with Gasteiger partial charge in [-0.1, -0.05) is 68.9 Å². The Balaban J connectivity index is 1.06. The predicted molar refractivity (Wildman–Crippen MR) is 241 cm³/mol. The number of hydrogen-bond donors (Lipinski definition) is 1. The first-order chi connectivity index (χ1) is 28.3. The van der Waals surface area contributed by atoms with E-state index in [0.29, 0.717) is 37.9 Å². The van der Waals surface area contributed by atoms with Crippen molar-refractivity contribution < 1.29 is 19.4 Å². The summed E-state index contributed by atoms with van der Waals surface area (Å²) in [5.74, 6) is -0.526. The van der Waals surface area contributed by atoms with E-state index < -0.39 is 14.0 Å². The zero-order valence-corrected chi connectivity index (χ0v) is 36.8. The van der Waals surface area contributed by atoms with Crippen molar-refractivity contribution in [1.29, 1.82) is 0 Å². The monoisotopic (exact) mass is 832 g/mol. The number of nitrogens with zero attached hydrogens (tertiary/aromatic N) is 6. The maximum absolute atomic E-state index is 12.9. The Morgan fingerprint density at radius 2 is 1.78 bits per heavy atom. The van der Waals surface area contributed by atoms with Crippen LogP contribution in [0, 0.1) is 5.41 Å². The van der Waals surface area contributed by atoms with E-state index in [1.165, 1.54) is 23.1 Å². The lowest BCUT2D eigenvalue weighted by Crippen LogP contribution is -2.47. The molecule has 5 heterocycles. The van der Waals surface area contributed by atoms with Crippen molar-refractivity contribution in [3.63, 3.8) is 0 Å². The second kappa shape index (κ2) is 17.1. The molecule has 0 spiro atoms. The van der Waals surface area contributed by atoms with Gasteiger partial charge in [-0.05, 0) is 96.5 Å². The molecular formula is C47H57ClN6O4Si. The van der Waals surface area contributed by atoms with Crippen LogP contribution in [0.4, 0.5) is 17.1 Å². The van der Waals surface area contributed by atoms with Gasteiger partial charge >= 0.3 is 5.97 Å². The average molecular weight is 834 g/mol. The number of piperazine rings is 1. The molecule has 310 valence electrons. The number of rotatable bonds is 12. The smallest absolute Gasteiger partial charge is 0.337 e. The lowest BCUT2D eigenvalue weighted by molar-refractivity contribution is 0.0697. The molecule has 1 fully saturated rings. The number of fused-ring (bicyclic) bond motifs is 2. The SMILES string of the molecule is CC1(C)CCC(CN2CCN(c3ccc(C(=O)O)c(N4CCC(c5ccccn5)Oc5nc6c(ccn6COCC[Si](C)(C)C)cc54)c3)CC2)=C(c2ccc(Cl)cc2)C1. The highest BCUT2D eigenvalue weighted by atomic mass is 35.5. The van der Waals surface area contributed by atoms with Crippen LogP contribution in [0.2, 0.25) is 30.7 Å². The van der Waals surface area contributed by atoms with Crippen molar-refractivity contribution in [3.8, 4) is 5.88 Å². The molecular weight excluding hydrogens is 776 g/mol. The highest BCUT2D eigenvalue weighted by molar-refractivity contribution is 6.76. The van der Waals surface area contributed by atoms with Crippen molar-refractivity contribution >= 4 is 59.3 Å². The predicted octanol–water partition coefficient (Wildman–Crippen LogP) is 10.5. The molecule has 0 saturated carbocycles. The van der Waals surface area contributed by atoms with Gasteiger partial charge in [0.1, 0.15) is 24.2 Å². The number of anilines is 3. The normalized spacial score (nSPS) is 18.8. The second-order valence-corrected chi connectivity index (χ2v) is 24.4. The summed E-state index contributed by atoms with van der Waals surface area (Å²) in [7, 11) is -1.23. The second-order valence-electron chi connectivity index (χ2n) is 18.4. The Hall–Kier alpha value is -4.68. The number of allylic oxidation sites excluding steroid dienone is 1. The third-order valence-electron chi connectivity index (χ3n) is 12.1. The molecule has 12 heteroatoms. The van der Waals surface area contributed by atoms with Crippen LogP contribution in [-0.4, -0.2) is 84.5 Å². The number of aromatic nitrogens is 3. The Labute approximate surface area is 354 Å². The highest BCUT2D eigenvalue weighted by Gasteiger charge is 2.32. The van der Waals surface area contributed by atoms with Crippen LogP contribution in [0.5, 0.6) is 5.88 Å². The molecule has 59 heavy (non-hydrogen) atoms. The molecule has 1 unspecified atom stereocenters. The molecule has 0 bridgehead atoms. The van der Waals surface area contributed by atoms with Gasteiger partial charge in [0, 0.05) is 88.9 Å². The molecule has 1 atom stereocenters. The van der Waals surface area contributed by atoms with E-state index >= 15 is 0 Å². The van der Waals surface area contributed by atoms with Crippen molar-refractivity contribution in [3.05, 3.63) is 113 Å². The number of carbonyl (C=O) groups is 1. The average Bonchev–Trinajstić information content (AvgIpc) is 3.51. The molecule has 3 aliphatic rings. The van der Waals surface area contributed by atoms with E-state index in [4.69, 9.17) is 26.1 Å². The van der Waals surface area contributed by atoms with Crippen LogP contribution >= 0.6 is 11.6 Å². The Kier molecular flexibility index (Phi) is 11.9. The minimum atomic E-state index is -1.23. The quantitative estimate of drug-likeness (QED) is 0.0974. The minimum Gasteiger partial charge on any atom is -0.478 e. The summed E-state index contributed by atoms with van der Waals surface area (Å²) in [5, 5.41) is 12.3. The van der Waals surface area contributed by atoms with E-state index in [0.717, 1.165) is 84.7 Å². The van der Waals surface area contributed by atoms with E-state index in [2.05, 4.69) is 77.4 Å². The first kappa shape index (κ1) is 41.1. The standard InChI is InChI=1S/C47H57ClN6O4Si/c1-47(2)18-15-35(39(30-47)33-9-11-36(48)12-10-33)31-51-22-24-52(25-23-51)37-13-14-38(46(55)56)41(29-37)54-21-17-43(40-8-6-7-19-49-40)58-45-42(54)28-34-16-20-53(44(34)50-45)32-57-26-27-59(3,4)5/h6-14,16,19-20,28-29,43H,15,17-18,21-27,30-32H2,1-5H3,(H,55,56). The van der Waals surface area contributed by atoms with E-state index in [-0.39, 0.29) is 17.1 Å². The van der Waals surface area contributed by atoms with Gasteiger partial charge in [-0.3, -0.25) is 9.88 Å². The Morgan fingerprint density at radius 1 is 0.983 bits per heavy atom. The van der Waals surface area contributed by atoms with Gasteiger partial charge in [0.15, 0.2) is 0 Å². The number of ether oxygens (including phenoxy) is 2. The number of pyridine rings is 2. The van der Waals surface area contributed by atoms with Crippen LogP contribution in [0.15, 0.2) is 90.8 Å². The molecule has 1 saturated heterocycles. The Bertz CT molecular complexity index is 2320. The van der Waals surface area contributed by atoms with Gasteiger partial charge in [0.05, 0.1) is 16.9 Å². The van der Waals surface area contributed by atoms with Crippen LogP contribution < -0.4 is 14.5 Å². The van der Waals surface area contributed by atoms with Gasteiger partial charge in [0.25, 0.3) is 0 Å². The van der Waals surface area contributed by atoms with Crippen LogP contribution in [-0.2, 0) is 11.5 Å². The van der Waals surface area contributed by atoms with Crippen molar-refractivity contribution in [2.75, 3.05) is 55.7 Å². The van der Waals surface area contributed by atoms with Gasteiger partial charge in [-0.15, -0.1) is 0 Å². The topological polar surface area (TPSA) is 96.2 Å². The summed E-state index contributed by atoms with van der Waals surface area (Å²) in [6, 6.07) is 25.2. The maximum atomic E-state index is 12.9. The Morgan fingerprint density at radius 3 is 2.51 bits per heavy atom. The molecule has 3 aromatic heterocycles. The fourth-order valence-corrected chi connectivity index (χ4v) is 9.50. The zero-order chi connectivity index (χ0) is 41.3. The fourth-order valence-electron chi connectivity index (χ4n) is 8.61. The number of benzene rings is 2. The van der Waals surface area contributed by atoms with Crippen LogP contribution in [0.3, 0.4) is 0 Å². The molecule has 1 aliphatic carbocycles. The summed E-state index contributed by atoms with van der Waals surface area (Å²) < 4.78 is 14.9. The summed E-state index contributed by atoms with van der Waals surface area (Å²) in [4.78, 5) is 29.7. The third-order valence-corrected chi connectivity index (χ3v) is 14.1. The third kappa shape index (κ3) is 9.54. The van der Waals surface area contributed by atoms with Crippen molar-refractivity contribution in [1.82, 2.24) is 19.4 Å². The van der Waals surface area contributed by atoms with E-state index in [1.54, 1.807) is 12.3 Å². The summed E-state index contributed by atoms with van der Waals surface area (Å²) >= 11 is 6.27. The molecule has 10 nitrogen and oxygen atoms in total. The first-order valence-corrected chi connectivity index (χ1v) is 25.1. The van der Waals surface area contributed by atoms with Gasteiger partial charge in [-0.25, -0.2) is 4.79 Å². The molecule has 2 aromatic carbocycles. The highest BCUT2D eigenvalue weighted by Crippen LogP contribution is 2.45. The lowest BCUT2D eigenvalue weighted by atomic mass is 9.72. The first-order valence-electron chi connectivity index (χ1n) is 21.0. The van der Waals surface area contributed by atoms with E-state index in [1.807, 2.05) is 53.2 Å². The van der Waals surface area contributed by atoms with Crippen LogP contribution in [0.1, 0.15) is 67.3 Å². The number of hydrogen-bond acceptors (Lipinski definition) is 8. The summed E-state index contributed by atoms with van der Waals surface area (Å²) in [6.07, 6.45) is 7.35. The molecule has 8 rings (SSSR count). The van der Waals surface area contributed by atoms with E-state index in [9.17, 15) is 9.90 Å². The number of halogens is 1.